The zero-order valence-corrected chi connectivity index (χ0v) is 14.1. The van der Waals surface area contributed by atoms with Gasteiger partial charge in [0.25, 0.3) is 0 Å². The van der Waals surface area contributed by atoms with Crippen LogP contribution in [0.5, 0.6) is 0 Å². The van der Waals surface area contributed by atoms with Crippen molar-refractivity contribution in [1.29, 1.82) is 0 Å². The van der Waals surface area contributed by atoms with Crippen LogP contribution in [0, 0.1) is 29.1 Å². The molecule has 4 fully saturated rings. The molecule has 7 atom stereocenters. The van der Waals surface area contributed by atoms with Crippen molar-refractivity contribution in [2.45, 2.75) is 70.5 Å². The van der Waals surface area contributed by atoms with Crippen molar-refractivity contribution in [3.05, 3.63) is 11.6 Å². The van der Waals surface area contributed by atoms with Gasteiger partial charge in [-0.25, -0.2) is 0 Å². The van der Waals surface area contributed by atoms with E-state index in [-0.39, 0.29) is 22.7 Å². The molecular weight excluding hydrogens is 288 g/mol. The van der Waals surface area contributed by atoms with Crippen LogP contribution in [0.1, 0.15) is 58.8 Å². The molecule has 3 saturated carbocycles. The minimum atomic E-state index is -0.100. The standard InChI is InChI=1S/C20H26O3/c1-11(21)15-5-6-16-14-4-3-12-9-13(22)7-8-20(12)18(14)17(23-20)10-19(15,16)2/h9,14-18H,3-8,10H2,1-2H3. The van der Waals surface area contributed by atoms with Gasteiger partial charge in [0.15, 0.2) is 5.78 Å². The second kappa shape index (κ2) is 4.36. The zero-order chi connectivity index (χ0) is 16.0. The highest BCUT2D eigenvalue weighted by Gasteiger charge is 2.70. The van der Waals surface area contributed by atoms with E-state index < -0.39 is 0 Å². The van der Waals surface area contributed by atoms with Gasteiger partial charge in [-0.05, 0) is 74.3 Å². The van der Waals surface area contributed by atoms with Gasteiger partial charge in [-0.2, -0.15) is 0 Å². The van der Waals surface area contributed by atoms with Crippen molar-refractivity contribution in [3.63, 3.8) is 0 Å². The lowest BCUT2D eigenvalue weighted by molar-refractivity contribution is -0.310. The minimum absolute atomic E-state index is 0.100. The molecule has 4 aliphatic carbocycles. The number of fused-ring (bicyclic) bond motifs is 2. The molecule has 0 N–H and O–H groups in total. The van der Waals surface area contributed by atoms with Gasteiger partial charge >= 0.3 is 0 Å². The number of hydrogen-bond acceptors (Lipinski definition) is 3. The first-order valence-corrected chi connectivity index (χ1v) is 9.38. The van der Waals surface area contributed by atoms with Crippen molar-refractivity contribution >= 4 is 11.6 Å². The molecule has 0 aromatic heterocycles. The molecule has 1 aliphatic heterocycles. The van der Waals surface area contributed by atoms with Crippen molar-refractivity contribution < 1.29 is 14.3 Å². The van der Waals surface area contributed by atoms with Gasteiger partial charge in [0.2, 0.25) is 0 Å². The van der Waals surface area contributed by atoms with E-state index in [0.29, 0.717) is 36.1 Å². The summed E-state index contributed by atoms with van der Waals surface area (Å²) in [6.45, 7) is 4.14. The lowest BCUT2D eigenvalue weighted by atomic mass is 9.46. The predicted molar refractivity (Wildman–Crippen MR) is 85.8 cm³/mol. The molecular formula is C20H26O3. The Balaban J connectivity index is 1.53. The second-order valence-electron chi connectivity index (χ2n) is 8.97. The van der Waals surface area contributed by atoms with E-state index in [4.69, 9.17) is 4.74 Å². The van der Waals surface area contributed by atoms with Crippen molar-refractivity contribution in [2.24, 2.45) is 29.1 Å². The lowest BCUT2D eigenvalue weighted by Gasteiger charge is -2.68. The summed E-state index contributed by atoms with van der Waals surface area (Å²) >= 11 is 0. The highest BCUT2D eigenvalue weighted by atomic mass is 16.5. The van der Waals surface area contributed by atoms with Crippen LogP contribution in [0.25, 0.3) is 0 Å². The van der Waals surface area contributed by atoms with Gasteiger partial charge in [-0.15, -0.1) is 0 Å². The third kappa shape index (κ3) is 1.60. The Morgan fingerprint density at radius 2 is 2.09 bits per heavy atom. The fraction of sp³-hybridized carbons (Fsp3) is 0.800. The van der Waals surface area contributed by atoms with Gasteiger partial charge in [-0.1, -0.05) is 6.92 Å². The molecule has 1 saturated heterocycles. The first kappa shape index (κ1) is 14.4. The molecule has 0 radical (unpaired) electrons. The molecule has 23 heavy (non-hydrogen) atoms. The number of carbonyl (C=O) groups is 2. The van der Waals surface area contributed by atoms with Crippen LogP contribution < -0.4 is 0 Å². The smallest absolute Gasteiger partial charge is 0.155 e. The van der Waals surface area contributed by atoms with E-state index in [1.807, 2.05) is 6.08 Å². The van der Waals surface area contributed by atoms with Gasteiger partial charge in [0, 0.05) is 18.3 Å². The molecule has 1 heterocycles. The summed E-state index contributed by atoms with van der Waals surface area (Å²) in [4.78, 5) is 24.0. The number of carbonyl (C=O) groups excluding carboxylic acids is 2. The van der Waals surface area contributed by atoms with Crippen molar-refractivity contribution in [1.82, 2.24) is 0 Å². The first-order valence-electron chi connectivity index (χ1n) is 9.38. The van der Waals surface area contributed by atoms with E-state index in [9.17, 15) is 9.59 Å². The molecule has 5 aliphatic rings. The zero-order valence-electron chi connectivity index (χ0n) is 14.1. The Morgan fingerprint density at radius 1 is 1.26 bits per heavy atom. The summed E-state index contributed by atoms with van der Waals surface area (Å²) in [6, 6.07) is 0. The van der Waals surface area contributed by atoms with Gasteiger partial charge in [-0.3, -0.25) is 9.59 Å². The van der Waals surface area contributed by atoms with Gasteiger partial charge in [0.05, 0.1) is 11.7 Å². The summed E-state index contributed by atoms with van der Waals surface area (Å²) < 4.78 is 6.52. The molecule has 0 aromatic carbocycles. The number of rotatable bonds is 1. The van der Waals surface area contributed by atoms with E-state index in [1.54, 1.807) is 6.92 Å². The van der Waals surface area contributed by atoms with E-state index >= 15 is 0 Å². The fourth-order valence-corrected chi connectivity index (χ4v) is 7.41. The van der Waals surface area contributed by atoms with Crippen molar-refractivity contribution in [3.8, 4) is 0 Å². The highest BCUT2D eigenvalue weighted by molar-refractivity contribution is 5.92. The average molecular weight is 314 g/mol. The minimum Gasteiger partial charge on any atom is -0.367 e. The van der Waals surface area contributed by atoms with Crippen LogP contribution in [0.15, 0.2) is 11.6 Å². The summed E-state index contributed by atoms with van der Waals surface area (Å²) in [5, 5.41) is 0. The summed E-state index contributed by atoms with van der Waals surface area (Å²) in [5.74, 6) is 2.88. The molecule has 0 aromatic rings. The van der Waals surface area contributed by atoms with Gasteiger partial charge in [0.1, 0.15) is 5.78 Å². The summed E-state index contributed by atoms with van der Waals surface area (Å²) in [7, 11) is 0. The van der Waals surface area contributed by atoms with Crippen molar-refractivity contribution in [2.75, 3.05) is 0 Å². The normalized spacial score (nSPS) is 53.6. The van der Waals surface area contributed by atoms with Crippen LogP contribution in [-0.4, -0.2) is 23.3 Å². The first-order chi connectivity index (χ1) is 11.0. The molecule has 1 spiro atoms. The number of hydrogen-bond donors (Lipinski definition) is 0. The number of ketones is 2. The average Bonchev–Trinajstić information content (AvgIpc) is 2.82. The topological polar surface area (TPSA) is 43.4 Å². The maximum Gasteiger partial charge on any atom is 0.155 e. The Labute approximate surface area is 137 Å². The number of ether oxygens (including phenoxy) is 1. The quantitative estimate of drug-likeness (QED) is 0.744. The largest absolute Gasteiger partial charge is 0.367 e. The Bertz CT molecular complexity index is 635. The van der Waals surface area contributed by atoms with Crippen LogP contribution in [0.4, 0.5) is 0 Å². The Hall–Kier alpha value is -0.960. The summed E-state index contributed by atoms with van der Waals surface area (Å²) in [6.07, 6.45) is 9.31. The molecule has 124 valence electrons. The molecule has 0 amide bonds. The third-order valence-corrected chi connectivity index (χ3v) is 8.19. The lowest BCUT2D eigenvalue weighted by Crippen LogP contribution is -2.71. The Kier molecular flexibility index (Phi) is 2.73. The maximum absolute atomic E-state index is 12.2. The summed E-state index contributed by atoms with van der Waals surface area (Å²) in [5.41, 5.74) is 1.33. The van der Waals surface area contributed by atoms with Crippen LogP contribution in [0.2, 0.25) is 0 Å². The third-order valence-electron chi connectivity index (χ3n) is 8.19. The Morgan fingerprint density at radius 3 is 2.87 bits per heavy atom. The number of Topliss-reactive ketones (excluding diaryl/α,β-unsaturated/α-hetero) is 1. The fourth-order valence-electron chi connectivity index (χ4n) is 7.41. The predicted octanol–water partition coefficient (Wildman–Crippen LogP) is 3.46. The second-order valence-corrected chi connectivity index (χ2v) is 8.97. The highest BCUT2D eigenvalue weighted by Crippen LogP contribution is 2.70. The monoisotopic (exact) mass is 314 g/mol. The SMILES string of the molecule is CC(=O)C1CCC2C3CCC4=CC(=O)CCC45OC(CC12C)C35. The van der Waals surface area contributed by atoms with Crippen LogP contribution in [0.3, 0.4) is 0 Å². The molecule has 7 unspecified atom stereocenters. The van der Waals surface area contributed by atoms with Crippen LogP contribution >= 0.6 is 0 Å². The molecule has 3 heteroatoms. The molecule has 3 nitrogen and oxygen atoms in total. The van der Waals surface area contributed by atoms with E-state index in [0.717, 1.165) is 25.7 Å². The molecule has 0 bridgehead atoms. The molecule has 5 rings (SSSR count). The van der Waals surface area contributed by atoms with Gasteiger partial charge < -0.3 is 4.74 Å². The maximum atomic E-state index is 12.2. The van der Waals surface area contributed by atoms with Crippen LogP contribution in [-0.2, 0) is 14.3 Å². The van der Waals surface area contributed by atoms with E-state index in [1.165, 1.54) is 18.4 Å². The van der Waals surface area contributed by atoms with E-state index in [2.05, 4.69) is 6.92 Å².